The standard InChI is InChI=1S/C15H21N3O5S2/c1-24(20,21)13-9-10(14(19)18-15(16)17)7-8-12(13)25(22,23)11-5-3-2-4-6-11/h7-9,11H,2-6H2,1H3,(H4,16,17,18,19). The first-order valence-corrected chi connectivity index (χ1v) is 11.2. The summed E-state index contributed by atoms with van der Waals surface area (Å²) in [7, 11) is -7.70. The molecule has 4 N–H and O–H groups in total. The van der Waals surface area contributed by atoms with Crippen molar-refractivity contribution in [3.8, 4) is 0 Å². The second kappa shape index (κ2) is 7.12. The minimum Gasteiger partial charge on any atom is -0.370 e. The molecule has 0 atom stereocenters. The molecule has 1 aliphatic rings. The molecule has 1 aromatic carbocycles. The van der Waals surface area contributed by atoms with Crippen LogP contribution in [0.2, 0.25) is 0 Å². The van der Waals surface area contributed by atoms with Gasteiger partial charge in [0.15, 0.2) is 25.6 Å². The van der Waals surface area contributed by atoms with Crippen LogP contribution in [0.3, 0.4) is 0 Å². The summed E-state index contributed by atoms with van der Waals surface area (Å²) in [5, 5.41) is -0.610. The number of hydrogen-bond donors (Lipinski definition) is 2. The zero-order chi connectivity index (χ0) is 18.8. The average molecular weight is 387 g/mol. The molecular formula is C15H21N3O5S2. The van der Waals surface area contributed by atoms with Crippen LogP contribution in [0.4, 0.5) is 0 Å². The van der Waals surface area contributed by atoms with Gasteiger partial charge < -0.3 is 11.5 Å². The highest BCUT2D eigenvalue weighted by atomic mass is 32.2. The smallest absolute Gasteiger partial charge is 0.280 e. The molecule has 0 aliphatic heterocycles. The van der Waals surface area contributed by atoms with E-state index in [1.165, 1.54) is 6.07 Å². The van der Waals surface area contributed by atoms with Crippen LogP contribution in [0.25, 0.3) is 0 Å². The molecule has 25 heavy (non-hydrogen) atoms. The van der Waals surface area contributed by atoms with Crippen LogP contribution < -0.4 is 11.5 Å². The third-order valence-electron chi connectivity index (χ3n) is 4.12. The van der Waals surface area contributed by atoms with Gasteiger partial charge in [0.2, 0.25) is 0 Å². The molecule has 1 aromatic rings. The van der Waals surface area contributed by atoms with E-state index in [0.29, 0.717) is 12.8 Å². The van der Waals surface area contributed by atoms with E-state index in [9.17, 15) is 21.6 Å². The molecule has 2 rings (SSSR count). The van der Waals surface area contributed by atoms with Crippen LogP contribution in [0, 0.1) is 0 Å². The SMILES string of the molecule is CS(=O)(=O)c1cc(C(=O)N=C(N)N)ccc1S(=O)(=O)C1CCCCC1. The van der Waals surface area contributed by atoms with Crippen molar-refractivity contribution >= 4 is 31.5 Å². The van der Waals surface area contributed by atoms with Gasteiger partial charge in [-0.05, 0) is 31.0 Å². The topological polar surface area (TPSA) is 150 Å². The van der Waals surface area contributed by atoms with Crippen LogP contribution in [-0.4, -0.2) is 40.2 Å². The largest absolute Gasteiger partial charge is 0.370 e. The van der Waals surface area contributed by atoms with E-state index < -0.39 is 41.7 Å². The summed E-state index contributed by atoms with van der Waals surface area (Å²) < 4.78 is 50.0. The first-order chi connectivity index (χ1) is 11.5. The molecular weight excluding hydrogens is 366 g/mol. The summed E-state index contributed by atoms with van der Waals surface area (Å²) in [6.07, 6.45) is 4.45. The van der Waals surface area contributed by atoms with Crippen molar-refractivity contribution in [2.75, 3.05) is 6.26 Å². The Hall–Kier alpha value is -1.94. The average Bonchev–Trinajstić information content (AvgIpc) is 2.53. The fourth-order valence-electron chi connectivity index (χ4n) is 2.90. The van der Waals surface area contributed by atoms with Gasteiger partial charge in [-0.3, -0.25) is 4.79 Å². The van der Waals surface area contributed by atoms with E-state index in [1.807, 2.05) is 0 Å². The highest BCUT2D eigenvalue weighted by Gasteiger charge is 2.33. The van der Waals surface area contributed by atoms with E-state index in [2.05, 4.69) is 4.99 Å². The molecule has 0 unspecified atom stereocenters. The summed E-state index contributed by atoms with van der Waals surface area (Å²) in [6.45, 7) is 0. The number of nitrogens with two attached hydrogens (primary N) is 2. The number of amides is 1. The predicted octanol–water partition coefficient (Wildman–Crippen LogP) is 0.610. The molecule has 0 saturated heterocycles. The first-order valence-electron chi connectivity index (χ1n) is 7.75. The quantitative estimate of drug-likeness (QED) is 0.567. The Balaban J connectivity index is 2.59. The lowest BCUT2D eigenvalue weighted by Crippen LogP contribution is -2.26. The molecule has 10 heteroatoms. The van der Waals surface area contributed by atoms with Gasteiger partial charge in [-0.25, -0.2) is 16.8 Å². The monoisotopic (exact) mass is 387 g/mol. The highest BCUT2D eigenvalue weighted by molar-refractivity contribution is 7.94. The predicted molar refractivity (Wildman–Crippen MR) is 93.8 cm³/mol. The molecule has 0 spiro atoms. The molecule has 0 aromatic heterocycles. The Morgan fingerprint density at radius 1 is 1.04 bits per heavy atom. The third kappa shape index (κ3) is 4.37. The second-order valence-electron chi connectivity index (χ2n) is 6.08. The van der Waals surface area contributed by atoms with Gasteiger partial charge in [0, 0.05) is 11.8 Å². The number of carbonyl (C=O) groups excluding carboxylic acids is 1. The van der Waals surface area contributed by atoms with Gasteiger partial charge in [-0.1, -0.05) is 19.3 Å². The summed E-state index contributed by atoms with van der Waals surface area (Å²) in [5.74, 6) is -1.31. The van der Waals surface area contributed by atoms with E-state index in [4.69, 9.17) is 11.5 Å². The summed E-state index contributed by atoms with van der Waals surface area (Å²) in [5.41, 5.74) is 10.2. The Morgan fingerprint density at radius 3 is 2.16 bits per heavy atom. The van der Waals surface area contributed by atoms with Crippen LogP contribution in [-0.2, 0) is 19.7 Å². The number of carbonyl (C=O) groups is 1. The lowest BCUT2D eigenvalue weighted by atomic mass is 10.0. The van der Waals surface area contributed by atoms with Gasteiger partial charge in [-0.15, -0.1) is 0 Å². The maximum absolute atomic E-state index is 12.9. The van der Waals surface area contributed by atoms with Gasteiger partial charge in [0.05, 0.1) is 15.0 Å². The molecule has 1 fully saturated rings. The maximum Gasteiger partial charge on any atom is 0.280 e. The number of aliphatic imine (C=N–C) groups is 1. The van der Waals surface area contributed by atoms with Crippen molar-refractivity contribution in [3.05, 3.63) is 23.8 Å². The van der Waals surface area contributed by atoms with E-state index in [0.717, 1.165) is 37.7 Å². The molecule has 8 nitrogen and oxygen atoms in total. The van der Waals surface area contributed by atoms with Crippen LogP contribution in [0.1, 0.15) is 42.5 Å². The van der Waals surface area contributed by atoms with Crippen LogP contribution in [0.15, 0.2) is 33.0 Å². The summed E-state index contributed by atoms with van der Waals surface area (Å²) >= 11 is 0. The molecule has 0 heterocycles. The van der Waals surface area contributed by atoms with E-state index in [-0.39, 0.29) is 10.5 Å². The molecule has 0 bridgehead atoms. The number of guanidine groups is 1. The Bertz CT molecular complexity index is 910. The van der Waals surface area contributed by atoms with Crippen molar-refractivity contribution in [1.82, 2.24) is 0 Å². The first kappa shape index (κ1) is 19.4. The third-order valence-corrected chi connectivity index (χ3v) is 7.70. The number of rotatable bonds is 4. The number of nitrogens with zero attached hydrogens (tertiary/aromatic N) is 1. The van der Waals surface area contributed by atoms with Gasteiger partial charge >= 0.3 is 0 Å². The maximum atomic E-state index is 12.9. The van der Waals surface area contributed by atoms with Crippen LogP contribution >= 0.6 is 0 Å². The Morgan fingerprint density at radius 2 is 1.64 bits per heavy atom. The molecule has 0 radical (unpaired) electrons. The molecule has 1 aliphatic carbocycles. The minimum absolute atomic E-state index is 0.101. The van der Waals surface area contributed by atoms with Gasteiger partial charge in [-0.2, -0.15) is 4.99 Å². The fraction of sp³-hybridized carbons (Fsp3) is 0.467. The van der Waals surface area contributed by atoms with Crippen LogP contribution in [0.5, 0.6) is 0 Å². The van der Waals surface area contributed by atoms with Crippen molar-refractivity contribution in [3.63, 3.8) is 0 Å². The van der Waals surface area contributed by atoms with E-state index in [1.54, 1.807) is 0 Å². The highest BCUT2D eigenvalue weighted by Crippen LogP contribution is 2.32. The second-order valence-corrected chi connectivity index (χ2v) is 10.3. The van der Waals surface area contributed by atoms with Crippen molar-refractivity contribution in [2.45, 2.75) is 47.1 Å². The van der Waals surface area contributed by atoms with Gasteiger partial charge in [0.25, 0.3) is 5.91 Å². The summed E-state index contributed by atoms with van der Waals surface area (Å²) in [6, 6.07) is 3.38. The fourth-order valence-corrected chi connectivity index (χ4v) is 6.39. The minimum atomic E-state index is -3.88. The number of hydrogen-bond acceptors (Lipinski definition) is 5. The normalized spacial score (nSPS) is 16.4. The van der Waals surface area contributed by atoms with Crippen molar-refractivity contribution in [2.24, 2.45) is 16.5 Å². The molecule has 1 amide bonds. The van der Waals surface area contributed by atoms with Crippen molar-refractivity contribution < 1.29 is 21.6 Å². The zero-order valence-electron chi connectivity index (χ0n) is 13.8. The lowest BCUT2D eigenvalue weighted by Gasteiger charge is -2.23. The zero-order valence-corrected chi connectivity index (χ0v) is 15.4. The molecule has 138 valence electrons. The Kier molecular flexibility index (Phi) is 5.52. The Labute approximate surface area is 147 Å². The number of sulfone groups is 2. The van der Waals surface area contributed by atoms with Crippen molar-refractivity contribution in [1.29, 1.82) is 0 Å². The molecule has 1 saturated carbocycles. The van der Waals surface area contributed by atoms with E-state index >= 15 is 0 Å². The van der Waals surface area contributed by atoms with Gasteiger partial charge in [0.1, 0.15) is 0 Å². The lowest BCUT2D eigenvalue weighted by molar-refractivity contribution is 0.100. The number of benzene rings is 1. The summed E-state index contributed by atoms with van der Waals surface area (Å²) in [4.78, 5) is 14.6.